The molecule has 2 aromatic heterocycles. The van der Waals surface area contributed by atoms with E-state index in [-0.39, 0.29) is 0 Å². The van der Waals surface area contributed by atoms with Gasteiger partial charge in [-0.3, -0.25) is 4.72 Å². The van der Waals surface area contributed by atoms with Crippen LogP contribution in [0.4, 0.5) is 23.1 Å². The van der Waals surface area contributed by atoms with Crippen LogP contribution in [0.1, 0.15) is 25.0 Å². The van der Waals surface area contributed by atoms with Crippen LogP contribution in [-0.4, -0.2) is 31.5 Å². The van der Waals surface area contributed by atoms with Crippen molar-refractivity contribution in [3.8, 4) is 0 Å². The summed E-state index contributed by atoms with van der Waals surface area (Å²) < 4.78 is 27.5. The van der Waals surface area contributed by atoms with E-state index in [4.69, 9.17) is 0 Å². The molecule has 0 aliphatic carbocycles. The van der Waals surface area contributed by atoms with Gasteiger partial charge in [0.1, 0.15) is 10.0 Å². The molecule has 3 aromatic rings. The minimum absolute atomic E-state index is 0.293. The third-order valence-corrected chi connectivity index (χ3v) is 7.43. The van der Waals surface area contributed by atoms with Crippen molar-refractivity contribution in [2.45, 2.75) is 30.4 Å². The van der Waals surface area contributed by atoms with Crippen molar-refractivity contribution in [2.24, 2.45) is 0 Å². The van der Waals surface area contributed by atoms with Crippen LogP contribution in [0, 0.1) is 6.92 Å². The zero-order valence-electron chi connectivity index (χ0n) is 16.1. The van der Waals surface area contributed by atoms with Gasteiger partial charge in [-0.2, -0.15) is 4.98 Å². The van der Waals surface area contributed by atoms with Crippen molar-refractivity contribution in [2.75, 3.05) is 28.0 Å². The monoisotopic (exact) mass is 429 g/mol. The van der Waals surface area contributed by atoms with Crippen LogP contribution >= 0.6 is 11.3 Å². The van der Waals surface area contributed by atoms with E-state index < -0.39 is 10.0 Å². The second-order valence-corrected chi connectivity index (χ2v) is 9.84. The number of sulfonamides is 1. The minimum Gasteiger partial charge on any atom is -0.341 e. The van der Waals surface area contributed by atoms with Gasteiger partial charge in [0.05, 0.1) is 0 Å². The molecule has 3 heterocycles. The highest BCUT2D eigenvalue weighted by Gasteiger charge is 2.16. The summed E-state index contributed by atoms with van der Waals surface area (Å²) in [6.45, 7) is 3.94. The molecule has 1 fully saturated rings. The molecule has 2 N–H and O–H groups in total. The van der Waals surface area contributed by atoms with Gasteiger partial charge in [0.15, 0.2) is 0 Å². The van der Waals surface area contributed by atoms with Gasteiger partial charge in [0.25, 0.3) is 10.0 Å². The zero-order chi connectivity index (χ0) is 20.3. The number of benzene rings is 1. The zero-order valence-corrected chi connectivity index (χ0v) is 17.8. The molecule has 1 aliphatic rings. The van der Waals surface area contributed by atoms with Crippen LogP contribution < -0.4 is 14.9 Å². The topological polar surface area (TPSA) is 87.2 Å². The second-order valence-electron chi connectivity index (χ2n) is 6.98. The first-order valence-electron chi connectivity index (χ1n) is 9.54. The number of hydrogen-bond acceptors (Lipinski definition) is 7. The lowest BCUT2D eigenvalue weighted by Crippen LogP contribution is -2.31. The second kappa shape index (κ2) is 8.38. The number of aryl methyl sites for hydroxylation is 1. The third-order valence-electron chi connectivity index (χ3n) is 4.65. The van der Waals surface area contributed by atoms with E-state index in [1.165, 1.54) is 30.6 Å². The Hall–Kier alpha value is -2.65. The Morgan fingerprint density at radius 1 is 1.00 bits per heavy atom. The first-order valence-corrected chi connectivity index (χ1v) is 11.9. The molecule has 0 atom stereocenters. The summed E-state index contributed by atoms with van der Waals surface area (Å²) >= 11 is 1.19. The Morgan fingerprint density at radius 2 is 1.72 bits per heavy atom. The molecule has 1 aliphatic heterocycles. The van der Waals surface area contributed by atoms with Gasteiger partial charge < -0.3 is 10.2 Å². The highest BCUT2D eigenvalue weighted by atomic mass is 32.2. The molecule has 29 heavy (non-hydrogen) atoms. The Labute approximate surface area is 174 Å². The Balaban J connectivity index is 1.47. The lowest BCUT2D eigenvalue weighted by atomic mass is 10.1. The van der Waals surface area contributed by atoms with Gasteiger partial charge in [-0.15, -0.1) is 11.3 Å². The fraction of sp³-hybridized carbons (Fsp3) is 0.300. The number of rotatable bonds is 6. The Bertz CT molecular complexity index is 1060. The molecule has 0 bridgehead atoms. The van der Waals surface area contributed by atoms with Crippen molar-refractivity contribution in [1.82, 2.24) is 9.97 Å². The van der Waals surface area contributed by atoms with Gasteiger partial charge in [-0.25, -0.2) is 13.4 Å². The van der Waals surface area contributed by atoms with Crippen LogP contribution in [0.15, 0.2) is 52.1 Å². The van der Waals surface area contributed by atoms with Crippen molar-refractivity contribution < 1.29 is 8.42 Å². The quantitative estimate of drug-likeness (QED) is 0.605. The van der Waals surface area contributed by atoms with Gasteiger partial charge in [0, 0.05) is 36.2 Å². The van der Waals surface area contributed by atoms with Crippen molar-refractivity contribution in [3.63, 3.8) is 0 Å². The summed E-state index contributed by atoms with van der Waals surface area (Å²) in [4.78, 5) is 11.5. The maximum Gasteiger partial charge on any atom is 0.271 e. The normalized spacial score (nSPS) is 14.6. The molecular formula is C20H23N5O2S2. The number of nitrogens with zero attached hydrogens (tertiary/aromatic N) is 3. The summed E-state index contributed by atoms with van der Waals surface area (Å²) in [6, 6.07) is 12.3. The van der Waals surface area contributed by atoms with Gasteiger partial charge >= 0.3 is 0 Å². The molecule has 0 spiro atoms. The maximum absolute atomic E-state index is 12.3. The molecule has 0 unspecified atom stereocenters. The highest BCUT2D eigenvalue weighted by molar-refractivity contribution is 7.94. The molecule has 0 radical (unpaired) electrons. The Morgan fingerprint density at radius 3 is 2.41 bits per heavy atom. The van der Waals surface area contributed by atoms with Gasteiger partial charge in [0.2, 0.25) is 5.95 Å². The largest absolute Gasteiger partial charge is 0.341 e. The molecule has 1 aromatic carbocycles. The molecular weight excluding hydrogens is 406 g/mol. The minimum atomic E-state index is -3.54. The summed E-state index contributed by atoms with van der Waals surface area (Å²) in [5, 5.41) is 5.03. The summed E-state index contributed by atoms with van der Waals surface area (Å²) in [7, 11) is -3.54. The number of anilines is 4. The van der Waals surface area contributed by atoms with Crippen molar-refractivity contribution >= 4 is 44.5 Å². The molecule has 0 amide bonds. The highest BCUT2D eigenvalue weighted by Crippen LogP contribution is 2.24. The molecule has 9 heteroatoms. The van der Waals surface area contributed by atoms with E-state index in [1.807, 2.05) is 25.1 Å². The maximum atomic E-state index is 12.3. The number of nitrogens with one attached hydrogen (secondary N) is 2. The van der Waals surface area contributed by atoms with Crippen LogP contribution in [0.3, 0.4) is 0 Å². The van der Waals surface area contributed by atoms with E-state index in [2.05, 4.69) is 24.9 Å². The SMILES string of the molecule is Cc1cc(Nc2ccc(NS(=O)(=O)c3cccs3)cc2)nc(N2CCCCC2)n1. The molecule has 0 saturated carbocycles. The van der Waals surface area contributed by atoms with Gasteiger partial charge in [-0.1, -0.05) is 6.07 Å². The molecule has 1 saturated heterocycles. The summed E-state index contributed by atoms with van der Waals surface area (Å²) in [5.74, 6) is 1.48. The fourth-order valence-electron chi connectivity index (χ4n) is 3.24. The fourth-order valence-corrected chi connectivity index (χ4v) is 5.30. The van der Waals surface area contributed by atoms with Crippen molar-refractivity contribution in [1.29, 1.82) is 0 Å². The van der Waals surface area contributed by atoms with E-state index in [0.717, 1.165) is 36.2 Å². The van der Waals surface area contributed by atoms with Gasteiger partial charge in [-0.05, 0) is 61.9 Å². The number of thiophene rings is 1. The summed E-state index contributed by atoms with van der Waals surface area (Å²) in [6.07, 6.45) is 3.60. The summed E-state index contributed by atoms with van der Waals surface area (Å²) in [5.41, 5.74) is 2.24. The van der Waals surface area contributed by atoms with E-state index >= 15 is 0 Å². The predicted molar refractivity (Wildman–Crippen MR) is 118 cm³/mol. The standard InChI is InChI=1S/C20H23N5O2S2/c1-15-14-18(23-20(21-15)25-11-3-2-4-12-25)22-16-7-9-17(10-8-16)24-29(26,27)19-6-5-13-28-19/h5-10,13-14,24H,2-4,11-12H2,1H3,(H,21,22,23). The van der Waals surface area contributed by atoms with Crippen LogP contribution in [0.5, 0.6) is 0 Å². The Kier molecular flexibility index (Phi) is 5.68. The lowest BCUT2D eigenvalue weighted by Gasteiger charge is -2.27. The predicted octanol–water partition coefficient (Wildman–Crippen LogP) is 4.38. The third kappa shape index (κ3) is 4.86. The smallest absolute Gasteiger partial charge is 0.271 e. The average molecular weight is 430 g/mol. The van der Waals surface area contributed by atoms with E-state index in [9.17, 15) is 8.42 Å². The first kappa shape index (κ1) is 19.7. The van der Waals surface area contributed by atoms with Crippen LogP contribution in [0.2, 0.25) is 0 Å². The average Bonchev–Trinajstić information content (AvgIpc) is 3.26. The number of hydrogen-bond donors (Lipinski definition) is 2. The molecule has 7 nitrogen and oxygen atoms in total. The van der Waals surface area contributed by atoms with E-state index in [0.29, 0.717) is 9.90 Å². The lowest BCUT2D eigenvalue weighted by molar-refractivity contribution is 0.568. The molecule has 4 rings (SSSR count). The number of piperidine rings is 1. The first-order chi connectivity index (χ1) is 14.0. The molecule has 152 valence electrons. The van der Waals surface area contributed by atoms with Crippen LogP contribution in [0.25, 0.3) is 0 Å². The van der Waals surface area contributed by atoms with Crippen LogP contribution in [-0.2, 0) is 10.0 Å². The van der Waals surface area contributed by atoms with E-state index in [1.54, 1.807) is 29.6 Å². The van der Waals surface area contributed by atoms with Crippen molar-refractivity contribution in [3.05, 3.63) is 53.5 Å². The number of aromatic nitrogens is 2.